The van der Waals surface area contributed by atoms with Crippen LogP contribution in [0.5, 0.6) is 0 Å². The maximum atomic E-state index is 12.4. The number of ether oxygens (including phenoxy) is 1. The first-order valence-electron chi connectivity index (χ1n) is 8.29. The fraction of sp³-hybridized carbons (Fsp3) is 0.211. The lowest BCUT2D eigenvalue weighted by Gasteiger charge is -2.13. The highest BCUT2D eigenvalue weighted by atomic mass is 16.5. The Kier molecular flexibility index (Phi) is 5.17. The van der Waals surface area contributed by atoms with E-state index in [1.54, 1.807) is 24.3 Å². The van der Waals surface area contributed by atoms with Crippen molar-refractivity contribution in [1.82, 2.24) is 14.7 Å². The summed E-state index contributed by atoms with van der Waals surface area (Å²) in [6, 6.07) is 12.0. The van der Waals surface area contributed by atoms with Gasteiger partial charge >= 0.3 is 12.0 Å². The van der Waals surface area contributed by atoms with Crippen molar-refractivity contribution in [3.63, 3.8) is 0 Å². The van der Waals surface area contributed by atoms with Gasteiger partial charge in [-0.1, -0.05) is 18.2 Å². The van der Waals surface area contributed by atoms with E-state index in [-0.39, 0.29) is 24.2 Å². The van der Waals surface area contributed by atoms with Crippen LogP contribution in [-0.4, -0.2) is 27.4 Å². The van der Waals surface area contributed by atoms with Crippen LogP contribution in [0.3, 0.4) is 0 Å². The number of nitrogens with zero attached hydrogens (tertiary/aromatic N) is 2. The van der Waals surface area contributed by atoms with Crippen LogP contribution in [0.1, 0.15) is 29.9 Å². The molecule has 0 radical (unpaired) electrons. The van der Waals surface area contributed by atoms with Crippen LogP contribution in [0.15, 0.2) is 54.9 Å². The molecule has 2 amide bonds. The Labute approximate surface area is 151 Å². The van der Waals surface area contributed by atoms with Crippen molar-refractivity contribution in [1.29, 1.82) is 0 Å². The minimum Gasteiger partial charge on any atom is -0.455 e. The topological polar surface area (TPSA) is 84.7 Å². The van der Waals surface area contributed by atoms with E-state index in [1.807, 2.05) is 48.8 Å². The van der Waals surface area contributed by atoms with E-state index in [0.717, 1.165) is 5.65 Å². The van der Waals surface area contributed by atoms with Gasteiger partial charge in [0.25, 0.3) is 0 Å². The number of esters is 1. The Bertz CT molecular complexity index is 900. The fourth-order valence-electron chi connectivity index (χ4n) is 2.46. The number of nitrogens with one attached hydrogen (secondary N) is 2. The smallest absolute Gasteiger partial charge is 0.340 e. The first kappa shape index (κ1) is 17.5. The zero-order valence-electron chi connectivity index (χ0n) is 14.6. The van der Waals surface area contributed by atoms with E-state index in [4.69, 9.17) is 4.74 Å². The highest BCUT2D eigenvalue weighted by Crippen LogP contribution is 2.17. The molecule has 0 bridgehead atoms. The predicted molar refractivity (Wildman–Crippen MR) is 98.0 cm³/mol. The summed E-state index contributed by atoms with van der Waals surface area (Å²) < 4.78 is 7.22. The Balaban J connectivity index is 1.68. The number of hydrogen-bond acceptors (Lipinski definition) is 4. The van der Waals surface area contributed by atoms with Gasteiger partial charge in [-0.15, -0.1) is 0 Å². The van der Waals surface area contributed by atoms with Crippen LogP contribution in [0.25, 0.3) is 5.65 Å². The fourth-order valence-corrected chi connectivity index (χ4v) is 2.46. The zero-order valence-corrected chi connectivity index (χ0v) is 14.6. The van der Waals surface area contributed by atoms with E-state index in [0.29, 0.717) is 11.4 Å². The summed E-state index contributed by atoms with van der Waals surface area (Å²) in [5.41, 5.74) is 2.11. The number of hydrogen-bond donors (Lipinski definition) is 2. The molecule has 134 valence electrons. The number of rotatable bonds is 5. The Morgan fingerprint density at radius 3 is 2.69 bits per heavy atom. The van der Waals surface area contributed by atoms with Crippen molar-refractivity contribution in [2.24, 2.45) is 0 Å². The minimum atomic E-state index is -0.525. The molecule has 0 saturated carbocycles. The molecule has 7 nitrogen and oxygen atoms in total. The summed E-state index contributed by atoms with van der Waals surface area (Å²) in [4.78, 5) is 28.7. The van der Waals surface area contributed by atoms with Crippen molar-refractivity contribution >= 4 is 23.3 Å². The second-order valence-corrected chi connectivity index (χ2v) is 6.07. The van der Waals surface area contributed by atoms with Crippen molar-refractivity contribution in [2.45, 2.75) is 26.5 Å². The molecular weight excluding hydrogens is 332 g/mol. The number of carbonyl (C=O) groups is 2. The molecule has 3 aromatic rings. The standard InChI is InChI=1S/C19H20N4O3/c1-13(2)20-19(25)22-16-8-4-3-7-15(16)18(24)26-12-14-11-23-10-6-5-9-17(23)21-14/h3-11,13H,12H2,1-2H3,(H2,20,22,25). The molecule has 0 spiro atoms. The largest absolute Gasteiger partial charge is 0.455 e. The zero-order chi connectivity index (χ0) is 18.5. The number of pyridine rings is 1. The third kappa shape index (κ3) is 4.18. The molecule has 2 N–H and O–H groups in total. The highest BCUT2D eigenvalue weighted by molar-refractivity contribution is 6.00. The number of amides is 2. The lowest BCUT2D eigenvalue weighted by atomic mass is 10.2. The van der Waals surface area contributed by atoms with Gasteiger partial charge < -0.3 is 19.8 Å². The summed E-state index contributed by atoms with van der Waals surface area (Å²) in [7, 11) is 0. The normalized spacial score (nSPS) is 10.7. The van der Waals surface area contributed by atoms with E-state index < -0.39 is 5.97 Å². The number of urea groups is 1. The van der Waals surface area contributed by atoms with Crippen LogP contribution in [0.4, 0.5) is 10.5 Å². The average molecular weight is 352 g/mol. The van der Waals surface area contributed by atoms with E-state index in [1.165, 1.54) is 0 Å². The molecule has 0 saturated heterocycles. The molecule has 0 aliphatic carbocycles. The first-order valence-corrected chi connectivity index (χ1v) is 8.29. The van der Waals surface area contributed by atoms with Crippen LogP contribution >= 0.6 is 0 Å². The van der Waals surface area contributed by atoms with Crippen LogP contribution in [0, 0.1) is 0 Å². The van der Waals surface area contributed by atoms with Gasteiger partial charge in [-0.2, -0.15) is 0 Å². The summed E-state index contributed by atoms with van der Waals surface area (Å²) in [5.74, 6) is -0.525. The van der Waals surface area contributed by atoms with Crippen molar-refractivity contribution < 1.29 is 14.3 Å². The quantitative estimate of drug-likeness (QED) is 0.691. The van der Waals surface area contributed by atoms with Gasteiger partial charge in [0.15, 0.2) is 0 Å². The minimum absolute atomic E-state index is 0.0100. The molecular formula is C19H20N4O3. The maximum Gasteiger partial charge on any atom is 0.340 e. The van der Waals surface area contributed by atoms with Gasteiger partial charge in [0.2, 0.25) is 0 Å². The van der Waals surface area contributed by atoms with E-state index in [2.05, 4.69) is 15.6 Å². The number of para-hydroxylation sites is 1. The average Bonchev–Trinajstić information content (AvgIpc) is 3.02. The lowest BCUT2D eigenvalue weighted by Crippen LogP contribution is -2.34. The number of benzene rings is 1. The molecule has 0 aliphatic rings. The second kappa shape index (κ2) is 7.69. The van der Waals surface area contributed by atoms with Crippen molar-refractivity contribution in [3.8, 4) is 0 Å². The second-order valence-electron chi connectivity index (χ2n) is 6.07. The Morgan fingerprint density at radius 2 is 1.92 bits per heavy atom. The van der Waals surface area contributed by atoms with Crippen molar-refractivity contribution in [2.75, 3.05) is 5.32 Å². The number of aromatic nitrogens is 2. The SMILES string of the molecule is CC(C)NC(=O)Nc1ccccc1C(=O)OCc1cn2ccccc2n1. The summed E-state index contributed by atoms with van der Waals surface area (Å²) in [5, 5.41) is 5.39. The summed E-state index contributed by atoms with van der Waals surface area (Å²) in [6.45, 7) is 3.76. The van der Waals surface area contributed by atoms with Crippen LogP contribution in [0.2, 0.25) is 0 Å². The van der Waals surface area contributed by atoms with Gasteiger partial charge in [0, 0.05) is 18.4 Å². The Hall–Kier alpha value is -3.35. The molecule has 0 unspecified atom stereocenters. The predicted octanol–water partition coefficient (Wildman–Crippen LogP) is 3.22. The molecule has 0 aliphatic heterocycles. The summed E-state index contributed by atoms with van der Waals surface area (Å²) in [6.07, 6.45) is 3.68. The molecule has 7 heteroatoms. The molecule has 26 heavy (non-hydrogen) atoms. The van der Waals surface area contributed by atoms with Gasteiger partial charge in [0.05, 0.1) is 16.9 Å². The molecule has 2 aromatic heterocycles. The van der Waals surface area contributed by atoms with Gasteiger partial charge in [-0.3, -0.25) is 0 Å². The molecule has 0 fully saturated rings. The molecule has 2 heterocycles. The molecule has 1 aromatic carbocycles. The monoisotopic (exact) mass is 352 g/mol. The number of anilines is 1. The third-order valence-electron chi connectivity index (χ3n) is 3.58. The third-order valence-corrected chi connectivity index (χ3v) is 3.58. The van der Waals surface area contributed by atoms with Crippen molar-refractivity contribution in [3.05, 3.63) is 66.1 Å². The lowest BCUT2D eigenvalue weighted by molar-refractivity contribution is 0.0469. The highest BCUT2D eigenvalue weighted by Gasteiger charge is 2.15. The number of imidazole rings is 1. The van der Waals surface area contributed by atoms with E-state index in [9.17, 15) is 9.59 Å². The van der Waals surface area contributed by atoms with Crippen LogP contribution < -0.4 is 10.6 Å². The molecule has 0 atom stereocenters. The van der Waals surface area contributed by atoms with Gasteiger partial charge in [-0.25, -0.2) is 14.6 Å². The van der Waals surface area contributed by atoms with Crippen LogP contribution in [-0.2, 0) is 11.3 Å². The number of fused-ring (bicyclic) bond motifs is 1. The van der Waals surface area contributed by atoms with Gasteiger partial charge in [0.1, 0.15) is 12.3 Å². The Morgan fingerprint density at radius 1 is 1.15 bits per heavy atom. The maximum absolute atomic E-state index is 12.4. The number of carbonyl (C=O) groups excluding carboxylic acids is 2. The van der Waals surface area contributed by atoms with E-state index >= 15 is 0 Å². The summed E-state index contributed by atoms with van der Waals surface area (Å²) >= 11 is 0. The van der Waals surface area contributed by atoms with Gasteiger partial charge in [-0.05, 0) is 38.1 Å². The first-order chi connectivity index (χ1) is 12.5. The molecule has 3 rings (SSSR count).